The second kappa shape index (κ2) is 9.13. The zero-order chi connectivity index (χ0) is 21.3. The molecule has 1 N–H and O–H groups in total. The lowest BCUT2D eigenvalue weighted by atomic mass is 9.94. The van der Waals surface area contributed by atoms with Gasteiger partial charge in [0.1, 0.15) is 0 Å². The molecule has 4 nitrogen and oxygen atoms in total. The highest BCUT2D eigenvalue weighted by Crippen LogP contribution is 2.29. The van der Waals surface area contributed by atoms with Crippen molar-refractivity contribution in [3.05, 3.63) is 57.4 Å². The van der Waals surface area contributed by atoms with E-state index in [9.17, 15) is 4.79 Å². The van der Waals surface area contributed by atoms with Crippen LogP contribution in [0.4, 0.5) is 0 Å². The van der Waals surface area contributed by atoms with Gasteiger partial charge >= 0.3 is 0 Å². The Kier molecular flexibility index (Phi) is 6.51. The quantitative estimate of drug-likeness (QED) is 0.536. The normalized spacial score (nSPS) is 17.0. The largest absolute Gasteiger partial charge is 0.350 e. The molecule has 1 atom stereocenters. The number of halogens is 1. The molecule has 3 heterocycles. The molecule has 1 aromatic carbocycles. The molecule has 160 valence electrons. The number of piperidine rings is 1. The van der Waals surface area contributed by atoms with Crippen molar-refractivity contribution in [2.24, 2.45) is 18.9 Å². The van der Waals surface area contributed by atoms with Crippen LogP contribution in [0, 0.1) is 11.8 Å². The van der Waals surface area contributed by atoms with Crippen molar-refractivity contribution in [2.45, 2.75) is 39.3 Å². The monoisotopic (exact) mass is 443 g/mol. The van der Waals surface area contributed by atoms with E-state index in [4.69, 9.17) is 11.6 Å². The summed E-state index contributed by atoms with van der Waals surface area (Å²) in [6, 6.07) is 10.4. The van der Waals surface area contributed by atoms with E-state index >= 15 is 0 Å². The van der Waals surface area contributed by atoms with Gasteiger partial charge < -0.3 is 9.88 Å². The Morgan fingerprint density at radius 1 is 1.27 bits per heavy atom. The first-order valence-electron chi connectivity index (χ1n) is 10.7. The van der Waals surface area contributed by atoms with Crippen LogP contribution in [0.15, 0.2) is 41.9 Å². The number of nitrogens with zero attached hydrogens (tertiary/aromatic N) is 2. The summed E-state index contributed by atoms with van der Waals surface area (Å²) in [6.45, 7) is 7.13. The topological polar surface area (TPSA) is 37.3 Å². The zero-order valence-corrected chi connectivity index (χ0v) is 19.5. The predicted octanol–water partition coefficient (Wildman–Crippen LogP) is 5.62. The lowest BCUT2D eigenvalue weighted by Gasteiger charge is -2.32. The Labute approximate surface area is 187 Å². The van der Waals surface area contributed by atoms with Crippen LogP contribution in [0.2, 0.25) is 5.02 Å². The molecule has 0 saturated carbocycles. The summed E-state index contributed by atoms with van der Waals surface area (Å²) in [6.07, 6.45) is 4.02. The second-order valence-corrected chi connectivity index (χ2v) is 10.1. The van der Waals surface area contributed by atoms with Crippen molar-refractivity contribution in [3.8, 4) is 0 Å². The van der Waals surface area contributed by atoms with E-state index in [1.807, 2.05) is 6.07 Å². The molecule has 4 rings (SSSR count). The Hall–Kier alpha value is -1.82. The van der Waals surface area contributed by atoms with Crippen LogP contribution in [-0.4, -0.2) is 28.5 Å². The molecule has 1 saturated heterocycles. The summed E-state index contributed by atoms with van der Waals surface area (Å²) >= 11 is 7.95. The number of rotatable bonds is 6. The molecular weight excluding hydrogens is 414 g/mol. The van der Waals surface area contributed by atoms with Gasteiger partial charge in [-0.2, -0.15) is 0 Å². The average molecular weight is 444 g/mol. The molecule has 3 aromatic rings. The Balaban J connectivity index is 1.36. The number of carbonyl (C=O) groups excluding carboxylic acids is 1. The average Bonchev–Trinajstić information content (AvgIpc) is 3.35. The van der Waals surface area contributed by atoms with Crippen molar-refractivity contribution in [1.29, 1.82) is 0 Å². The number of hydrogen-bond acceptors (Lipinski definition) is 3. The van der Waals surface area contributed by atoms with Crippen molar-refractivity contribution in [3.63, 3.8) is 0 Å². The third-order valence-corrected chi connectivity index (χ3v) is 7.39. The van der Waals surface area contributed by atoms with Crippen LogP contribution in [-0.2, 0) is 18.4 Å². The van der Waals surface area contributed by atoms with Crippen LogP contribution in [0.3, 0.4) is 0 Å². The summed E-state index contributed by atoms with van der Waals surface area (Å²) < 4.78 is 2.16. The fourth-order valence-corrected chi connectivity index (χ4v) is 5.59. The predicted molar refractivity (Wildman–Crippen MR) is 126 cm³/mol. The van der Waals surface area contributed by atoms with Crippen LogP contribution in [0.1, 0.15) is 43.2 Å². The molecule has 0 bridgehead atoms. The number of fused-ring (bicyclic) bond motifs is 1. The lowest BCUT2D eigenvalue weighted by Crippen LogP contribution is -2.42. The summed E-state index contributed by atoms with van der Waals surface area (Å²) in [7, 11) is 2.08. The van der Waals surface area contributed by atoms with E-state index in [1.165, 1.54) is 21.3 Å². The molecule has 2 aromatic heterocycles. The molecule has 30 heavy (non-hydrogen) atoms. The van der Waals surface area contributed by atoms with Gasteiger partial charge in [0.15, 0.2) is 0 Å². The summed E-state index contributed by atoms with van der Waals surface area (Å²) in [5, 5.41) is 7.40. The molecule has 1 amide bonds. The van der Waals surface area contributed by atoms with Gasteiger partial charge in [-0.1, -0.05) is 31.5 Å². The minimum Gasteiger partial charge on any atom is -0.350 e. The van der Waals surface area contributed by atoms with E-state index in [2.05, 4.69) is 71.5 Å². The maximum Gasteiger partial charge on any atom is 0.223 e. The number of thiophene rings is 1. The third kappa shape index (κ3) is 4.58. The molecule has 0 aliphatic carbocycles. The zero-order valence-electron chi connectivity index (χ0n) is 17.9. The summed E-state index contributed by atoms with van der Waals surface area (Å²) in [4.78, 5) is 16.6. The molecular formula is C24H30ClN3OS. The lowest BCUT2D eigenvalue weighted by molar-refractivity contribution is -0.127. The van der Waals surface area contributed by atoms with Gasteiger partial charge in [0.05, 0.1) is 6.04 Å². The van der Waals surface area contributed by atoms with Crippen molar-refractivity contribution in [2.75, 3.05) is 13.1 Å². The molecule has 1 aliphatic rings. The molecule has 1 fully saturated rings. The number of amides is 1. The maximum atomic E-state index is 12.9. The van der Waals surface area contributed by atoms with Crippen LogP contribution >= 0.6 is 22.9 Å². The SMILES string of the molecule is CC(C)[C@@H](NC(=O)C1CCN(Cc2cn(C)c3ccc(Cl)cc23)CC1)c1cccs1. The van der Waals surface area contributed by atoms with Gasteiger partial charge in [-0.3, -0.25) is 9.69 Å². The van der Waals surface area contributed by atoms with Crippen molar-refractivity contribution >= 4 is 39.7 Å². The van der Waals surface area contributed by atoms with Gasteiger partial charge in [0.25, 0.3) is 0 Å². The van der Waals surface area contributed by atoms with Crippen LogP contribution in [0.5, 0.6) is 0 Å². The van der Waals surface area contributed by atoms with Crippen LogP contribution < -0.4 is 5.32 Å². The van der Waals surface area contributed by atoms with E-state index in [-0.39, 0.29) is 17.9 Å². The van der Waals surface area contributed by atoms with Crippen molar-refractivity contribution in [1.82, 2.24) is 14.8 Å². The van der Waals surface area contributed by atoms with E-state index in [0.717, 1.165) is 37.5 Å². The first kappa shape index (κ1) is 21.4. The Morgan fingerprint density at radius 3 is 2.70 bits per heavy atom. The third-order valence-electron chi connectivity index (χ3n) is 6.20. The van der Waals surface area contributed by atoms with Gasteiger partial charge in [0.2, 0.25) is 5.91 Å². The number of benzene rings is 1. The van der Waals surface area contributed by atoms with Crippen molar-refractivity contribution < 1.29 is 4.79 Å². The number of carbonyl (C=O) groups is 1. The van der Waals surface area contributed by atoms with Gasteiger partial charge in [-0.15, -0.1) is 11.3 Å². The van der Waals surface area contributed by atoms with E-state index < -0.39 is 0 Å². The van der Waals surface area contributed by atoms with Crippen LogP contribution in [0.25, 0.3) is 10.9 Å². The Bertz CT molecular complexity index is 1000. The first-order valence-corrected chi connectivity index (χ1v) is 12.0. The van der Waals surface area contributed by atoms with Gasteiger partial charge in [-0.05, 0) is 67.1 Å². The highest BCUT2D eigenvalue weighted by Gasteiger charge is 2.28. The Morgan fingerprint density at radius 2 is 2.03 bits per heavy atom. The molecule has 1 aliphatic heterocycles. The minimum atomic E-state index is 0.101. The summed E-state index contributed by atoms with van der Waals surface area (Å²) in [5.74, 6) is 0.689. The number of nitrogens with one attached hydrogen (secondary N) is 1. The maximum absolute atomic E-state index is 12.9. The standard InChI is InChI=1S/C24H30ClN3OS/c1-16(2)23(22-5-4-12-30-22)26-24(29)17-8-10-28(11-9-17)15-18-14-27(3)21-7-6-19(25)13-20(18)21/h4-7,12-14,16-17,23H,8-11,15H2,1-3H3,(H,26,29)/t23-/m1/s1. The van der Waals surface area contributed by atoms with E-state index in [0.29, 0.717) is 5.92 Å². The molecule has 0 radical (unpaired) electrons. The summed E-state index contributed by atoms with van der Waals surface area (Å²) in [5.41, 5.74) is 2.51. The molecule has 0 spiro atoms. The number of aromatic nitrogens is 1. The minimum absolute atomic E-state index is 0.101. The first-order chi connectivity index (χ1) is 14.4. The van der Waals surface area contributed by atoms with Gasteiger partial charge in [-0.25, -0.2) is 0 Å². The highest BCUT2D eigenvalue weighted by molar-refractivity contribution is 7.10. The van der Waals surface area contributed by atoms with Gasteiger partial charge in [0, 0.05) is 46.5 Å². The fourth-order valence-electron chi connectivity index (χ4n) is 4.47. The number of likely N-dealkylation sites (tertiary alicyclic amines) is 1. The number of hydrogen-bond donors (Lipinski definition) is 1. The highest BCUT2D eigenvalue weighted by atomic mass is 35.5. The number of aryl methyl sites for hydroxylation is 1. The molecule has 0 unspecified atom stereocenters. The second-order valence-electron chi connectivity index (χ2n) is 8.72. The fraction of sp³-hybridized carbons (Fsp3) is 0.458. The molecule has 6 heteroatoms. The smallest absolute Gasteiger partial charge is 0.223 e. The van der Waals surface area contributed by atoms with E-state index in [1.54, 1.807) is 11.3 Å².